The van der Waals surface area contributed by atoms with E-state index in [4.69, 9.17) is 5.73 Å². The third kappa shape index (κ3) is 2.70. The molecule has 5 nitrogen and oxygen atoms in total. The Kier molecular flexibility index (Phi) is 3.74. The molecular formula is C14H21N5. The molecule has 0 saturated heterocycles. The molecule has 0 saturated carbocycles. The molecular weight excluding hydrogens is 238 g/mol. The van der Waals surface area contributed by atoms with Crippen LogP contribution in [0.3, 0.4) is 0 Å². The zero-order chi connectivity index (χ0) is 14.0. The lowest BCUT2D eigenvalue weighted by Gasteiger charge is -2.18. The van der Waals surface area contributed by atoms with Crippen LogP contribution in [-0.2, 0) is 0 Å². The topological polar surface area (TPSA) is 68.8 Å². The van der Waals surface area contributed by atoms with Crippen LogP contribution in [-0.4, -0.2) is 14.8 Å². The average Bonchev–Trinajstić information content (AvgIpc) is 2.68. The van der Waals surface area contributed by atoms with Gasteiger partial charge in [-0.15, -0.1) is 0 Å². The Morgan fingerprint density at radius 3 is 2.58 bits per heavy atom. The molecule has 2 rings (SSSR count). The van der Waals surface area contributed by atoms with E-state index >= 15 is 0 Å². The molecule has 102 valence electrons. The summed E-state index contributed by atoms with van der Waals surface area (Å²) in [5, 5.41) is 7.88. The molecule has 0 fully saturated rings. The fourth-order valence-corrected chi connectivity index (χ4v) is 1.99. The van der Waals surface area contributed by atoms with Crippen LogP contribution >= 0.6 is 0 Å². The molecule has 2 heterocycles. The zero-order valence-electron chi connectivity index (χ0n) is 11.9. The molecule has 0 spiro atoms. The highest BCUT2D eigenvalue weighted by molar-refractivity contribution is 5.65. The van der Waals surface area contributed by atoms with E-state index in [-0.39, 0.29) is 12.1 Å². The molecule has 0 aromatic carbocycles. The quantitative estimate of drug-likeness (QED) is 0.885. The molecule has 0 aliphatic rings. The molecule has 0 aliphatic heterocycles. The number of nitrogens with two attached hydrogens (primary N) is 1. The zero-order valence-corrected chi connectivity index (χ0v) is 11.9. The van der Waals surface area contributed by atoms with Crippen molar-refractivity contribution in [3.8, 4) is 0 Å². The summed E-state index contributed by atoms with van der Waals surface area (Å²) in [7, 11) is 0. The second kappa shape index (κ2) is 5.30. The van der Waals surface area contributed by atoms with E-state index in [1.54, 1.807) is 6.20 Å². The highest BCUT2D eigenvalue weighted by Crippen LogP contribution is 2.28. The van der Waals surface area contributed by atoms with Crippen molar-refractivity contribution in [1.29, 1.82) is 0 Å². The van der Waals surface area contributed by atoms with Gasteiger partial charge in [0.15, 0.2) is 0 Å². The van der Waals surface area contributed by atoms with Gasteiger partial charge in [0.2, 0.25) is 0 Å². The summed E-state index contributed by atoms with van der Waals surface area (Å²) in [6, 6.07) is 6.23. The molecule has 19 heavy (non-hydrogen) atoms. The first kappa shape index (κ1) is 13.4. The lowest BCUT2D eigenvalue weighted by molar-refractivity contribution is 0.531. The predicted molar refractivity (Wildman–Crippen MR) is 78.0 cm³/mol. The SMILES string of the molecule is Cc1nn(C(C)C)c(NC(C)c2ccccn2)c1N. The maximum atomic E-state index is 6.10. The fraction of sp³-hybridized carbons (Fsp3) is 0.429. The van der Waals surface area contributed by atoms with Crippen LogP contribution in [0, 0.1) is 6.92 Å². The standard InChI is InChI=1S/C14H21N5/c1-9(2)19-14(13(15)11(4)18-19)17-10(3)12-7-5-6-8-16-12/h5-10,17H,15H2,1-4H3. The molecule has 0 amide bonds. The van der Waals surface area contributed by atoms with Crippen molar-refractivity contribution in [2.45, 2.75) is 39.8 Å². The summed E-state index contributed by atoms with van der Waals surface area (Å²) in [4.78, 5) is 4.35. The van der Waals surface area contributed by atoms with Crippen LogP contribution in [0.2, 0.25) is 0 Å². The second-order valence-corrected chi connectivity index (χ2v) is 5.01. The van der Waals surface area contributed by atoms with Gasteiger partial charge in [-0.3, -0.25) is 4.98 Å². The van der Waals surface area contributed by atoms with E-state index in [9.17, 15) is 0 Å². The average molecular weight is 259 g/mol. The first-order chi connectivity index (χ1) is 9.00. The number of nitrogens with one attached hydrogen (secondary N) is 1. The van der Waals surface area contributed by atoms with Crippen LogP contribution in [0.25, 0.3) is 0 Å². The number of rotatable bonds is 4. The summed E-state index contributed by atoms with van der Waals surface area (Å²) in [6.45, 7) is 8.16. The van der Waals surface area contributed by atoms with Gasteiger partial charge in [-0.2, -0.15) is 5.10 Å². The fourth-order valence-electron chi connectivity index (χ4n) is 1.99. The number of pyridine rings is 1. The minimum absolute atomic E-state index is 0.0806. The molecule has 3 N–H and O–H groups in total. The van der Waals surface area contributed by atoms with E-state index in [0.717, 1.165) is 17.2 Å². The van der Waals surface area contributed by atoms with Crippen molar-refractivity contribution in [3.05, 3.63) is 35.8 Å². The number of aryl methyl sites for hydroxylation is 1. The smallest absolute Gasteiger partial charge is 0.148 e. The Morgan fingerprint density at radius 1 is 1.26 bits per heavy atom. The van der Waals surface area contributed by atoms with E-state index in [2.05, 4.69) is 36.2 Å². The molecule has 5 heteroatoms. The Hall–Kier alpha value is -2.04. The minimum Gasteiger partial charge on any atom is -0.394 e. The predicted octanol–water partition coefficient (Wildman–Crippen LogP) is 2.92. The van der Waals surface area contributed by atoms with Crippen LogP contribution < -0.4 is 11.1 Å². The van der Waals surface area contributed by atoms with Crippen molar-refractivity contribution in [3.63, 3.8) is 0 Å². The van der Waals surface area contributed by atoms with Gasteiger partial charge in [0.25, 0.3) is 0 Å². The molecule has 0 radical (unpaired) electrons. The molecule has 0 aliphatic carbocycles. The highest BCUT2D eigenvalue weighted by Gasteiger charge is 2.17. The molecule has 2 aromatic heterocycles. The molecule has 2 aromatic rings. The van der Waals surface area contributed by atoms with Crippen LogP contribution in [0.1, 0.15) is 44.2 Å². The summed E-state index contributed by atoms with van der Waals surface area (Å²) in [6.07, 6.45) is 1.79. The second-order valence-electron chi connectivity index (χ2n) is 5.01. The number of aromatic nitrogens is 3. The Bertz CT molecular complexity index is 544. The van der Waals surface area contributed by atoms with Crippen LogP contribution in [0.4, 0.5) is 11.5 Å². The molecule has 0 bridgehead atoms. The van der Waals surface area contributed by atoms with Gasteiger partial charge in [0.1, 0.15) is 5.82 Å². The van der Waals surface area contributed by atoms with Crippen molar-refractivity contribution in [1.82, 2.24) is 14.8 Å². The molecule has 1 unspecified atom stereocenters. The Balaban J connectivity index is 2.28. The number of nitrogens with zero attached hydrogens (tertiary/aromatic N) is 3. The third-order valence-corrected chi connectivity index (χ3v) is 3.11. The first-order valence-electron chi connectivity index (χ1n) is 6.52. The Labute approximate surface area is 113 Å². The van der Waals surface area contributed by atoms with Gasteiger partial charge in [0.05, 0.1) is 23.1 Å². The minimum atomic E-state index is 0.0806. The van der Waals surface area contributed by atoms with Gasteiger partial charge in [-0.1, -0.05) is 6.07 Å². The van der Waals surface area contributed by atoms with Gasteiger partial charge < -0.3 is 11.1 Å². The maximum absolute atomic E-state index is 6.10. The number of hydrogen-bond acceptors (Lipinski definition) is 4. The van der Waals surface area contributed by atoms with Gasteiger partial charge in [0, 0.05) is 12.2 Å². The maximum Gasteiger partial charge on any atom is 0.148 e. The summed E-state index contributed by atoms with van der Waals surface area (Å²) >= 11 is 0. The largest absolute Gasteiger partial charge is 0.394 e. The van der Waals surface area contributed by atoms with Crippen molar-refractivity contribution < 1.29 is 0 Å². The van der Waals surface area contributed by atoms with Crippen molar-refractivity contribution >= 4 is 11.5 Å². The summed E-state index contributed by atoms with van der Waals surface area (Å²) < 4.78 is 1.92. The van der Waals surface area contributed by atoms with Crippen molar-refractivity contribution in [2.24, 2.45) is 0 Å². The number of nitrogen functional groups attached to an aromatic ring is 1. The van der Waals surface area contributed by atoms with Gasteiger partial charge in [-0.05, 0) is 39.8 Å². The van der Waals surface area contributed by atoms with Crippen LogP contribution in [0.5, 0.6) is 0 Å². The van der Waals surface area contributed by atoms with E-state index in [1.165, 1.54) is 0 Å². The number of anilines is 2. The normalized spacial score (nSPS) is 12.7. The van der Waals surface area contributed by atoms with E-state index in [0.29, 0.717) is 5.69 Å². The molecule has 1 atom stereocenters. The van der Waals surface area contributed by atoms with Crippen molar-refractivity contribution in [2.75, 3.05) is 11.1 Å². The van der Waals surface area contributed by atoms with E-state index in [1.807, 2.05) is 29.8 Å². The van der Waals surface area contributed by atoms with Gasteiger partial charge >= 0.3 is 0 Å². The summed E-state index contributed by atoms with van der Waals surface area (Å²) in [5.74, 6) is 0.866. The lowest BCUT2D eigenvalue weighted by Crippen LogP contribution is -2.15. The lowest BCUT2D eigenvalue weighted by atomic mass is 10.2. The van der Waals surface area contributed by atoms with Crippen LogP contribution in [0.15, 0.2) is 24.4 Å². The number of hydrogen-bond donors (Lipinski definition) is 2. The van der Waals surface area contributed by atoms with Gasteiger partial charge in [-0.25, -0.2) is 4.68 Å². The van der Waals surface area contributed by atoms with E-state index < -0.39 is 0 Å². The third-order valence-electron chi connectivity index (χ3n) is 3.11. The Morgan fingerprint density at radius 2 is 2.00 bits per heavy atom. The first-order valence-corrected chi connectivity index (χ1v) is 6.52. The monoisotopic (exact) mass is 259 g/mol. The highest BCUT2D eigenvalue weighted by atomic mass is 15.4. The summed E-state index contributed by atoms with van der Waals surface area (Å²) in [5.41, 5.74) is 8.64.